The molecule has 1 aliphatic rings. The van der Waals surface area contributed by atoms with Crippen LogP contribution >= 0.6 is 23.7 Å². The van der Waals surface area contributed by atoms with E-state index in [2.05, 4.69) is 4.90 Å². The van der Waals surface area contributed by atoms with Crippen LogP contribution in [0, 0.1) is 21.8 Å². The lowest BCUT2D eigenvalue weighted by atomic mass is 9.89. The molecule has 1 fully saturated rings. The Bertz CT molecular complexity index is 848. The monoisotopic (exact) mass is 426 g/mol. The number of carbonyl (C=O) groups excluding carboxylic acids is 2. The summed E-state index contributed by atoms with van der Waals surface area (Å²) in [6.07, 6.45) is 1.70. The molecule has 3 rings (SSSR count). The van der Waals surface area contributed by atoms with Crippen molar-refractivity contribution in [2.75, 3.05) is 19.6 Å². The summed E-state index contributed by atoms with van der Waals surface area (Å²) in [7, 11) is 0. The number of nitro groups is 1. The molecule has 0 saturated carbocycles. The van der Waals surface area contributed by atoms with Gasteiger partial charge in [0.1, 0.15) is 5.82 Å². The predicted molar refractivity (Wildman–Crippen MR) is 107 cm³/mol. The molecule has 150 valence electrons. The number of benzene rings is 1. The van der Waals surface area contributed by atoms with Crippen molar-refractivity contribution in [2.24, 2.45) is 5.92 Å². The normalized spacial score (nSPS) is 15.0. The number of piperidine rings is 1. The van der Waals surface area contributed by atoms with Crippen molar-refractivity contribution in [1.82, 2.24) is 4.90 Å². The first-order valence-electron chi connectivity index (χ1n) is 8.72. The Morgan fingerprint density at radius 2 is 1.82 bits per heavy atom. The fourth-order valence-corrected chi connectivity index (χ4v) is 3.97. The van der Waals surface area contributed by atoms with E-state index in [1.165, 1.54) is 35.7 Å². The highest BCUT2D eigenvalue weighted by Gasteiger charge is 2.26. The van der Waals surface area contributed by atoms with E-state index in [1.54, 1.807) is 0 Å². The second-order valence-electron chi connectivity index (χ2n) is 6.59. The predicted octanol–water partition coefficient (Wildman–Crippen LogP) is 4.38. The number of ketones is 2. The zero-order valence-corrected chi connectivity index (χ0v) is 16.6. The van der Waals surface area contributed by atoms with Gasteiger partial charge >= 0.3 is 5.00 Å². The van der Waals surface area contributed by atoms with Crippen molar-refractivity contribution in [3.05, 3.63) is 62.8 Å². The molecule has 1 saturated heterocycles. The van der Waals surface area contributed by atoms with Gasteiger partial charge in [0.15, 0.2) is 11.6 Å². The van der Waals surface area contributed by atoms with Gasteiger partial charge in [-0.2, -0.15) is 0 Å². The first-order valence-corrected chi connectivity index (χ1v) is 9.60. The summed E-state index contributed by atoms with van der Waals surface area (Å²) >= 11 is 0.955. The van der Waals surface area contributed by atoms with Crippen LogP contribution in [0.2, 0.25) is 0 Å². The zero-order chi connectivity index (χ0) is 19.4. The van der Waals surface area contributed by atoms with E-state index in [4.69, 9.17) is 0 Å². The highest BCUT2D eigenvalue weighted by molar-refractivity contribution is 7.13. The van der Waals surface area contributed by atoms with Gasteiger partial charge in [0.05, 0.1) is 4.92 Å². The maximum atomic E-state index is 13.0. The molecule has 0 spiro atoms. The molecule has 1 aliphatic heterocycles. The number of thiophene rings is 1. The van der Waals surface area contributed by atoms with Gasteiger partial charge in [-0.15, -0.1) is 12.4 Å². The molecule has 0 atom stereocenters. The Balaban J connectivity index is 0.00000280. The molecule has 0 N–H and O–H groups in total. The zero-order valence-electron chi connectivity index (χ0n) is 15.0. The standard InChI is InChI=1S/C19H19FN2O4S.ClH/c20-16-3-1-13(2-4-16)19(24)14-5-8-21(9-6-14)10-7-17(23)15-11-18(22(25)26)27-12-15;/h1-4,11-12,14H,5-10H2;1H. The fraction of sp³-hybridized carbons (Fsp3) is 0.368. The largest absolute Gasteiger partial charge is 0.324 e. The maximum absolute atomic E-state index is 13.0. The summed E-state index contributed by atoms with van der Waals surface area (Å²) in [4.78, 5) is 37.0. The van der Waals surface area contributed by atoms with Crippen molar-refractivity contribution in [3.63, 3.8) is 0 Å². The summed E-state index contributed by atoms with van der Waals surface area (Å²) in [5, 5.41) is 12.2. The van der Waals surface area contributed by atoms with Crippen molar-refractivity contribution in [2.45, 2.75) is 19.3 Å². The second kappa shape index (κ2) is 9.86. The molecule has 0 amide bonds. The van der Waals surface area contributed by atoms with E-state index < -0.39 is 4.92 Å². The van der Waals surface area contributed by atoms with Crippen LogP contribution in [-0.2, 0) is 0 Å². The Morgan fingerprint density at radius 3 is 2.39 bits per heavy atom. The van der Waals surface area contributed by atoms with Crippen LogP contribution in [-0.4, -0.2) is 41.0 Å². The third-order valence-corrected chi connectivity index (χ3v) is 5.71. The summed E-state index contributed by atoms with van der Waals surface area (Å²) in [6, 6.07) is 6.94. The highest BCUT2D eigenvalue weighted by atomic mass is 35.5. The highest BCUT2D eigenvalue weighted by Crippen LogP contribution is 2.25. The Kier molecular flexibility index (Phi) is 7.79. The summed E-state index contributed by atoms with van der Waals surface area (Å²) in [5.74, 6) is -0.510. The molecular formula is C19H20ClFN2O4S. The molecule has 28 heavy (non-hydrogen) atoms. The van der Waals surface area contributed by atoms with Crippen molar-refractivity contribution in [3.8, 4) is 0 Å². The van der Waals surface area contributed by atoms with E-state index in [0.29, 0.717) is 50.0 Å². The van der Waals surface area contributed by atoms with Gasteiger partial charge in [-0.1, -0.05) is 11.3 Å². The van der Waals surface area contributed by atoms with Gasteiger partial charge in [-0.3, -0.25) is 19.7 Å². The SMILES string of the molecule is Cl.O=C(CCN1CCC(C(=O)c2ccc(F)cc2)CC1)c1csc([N+](=O)[O-])c1. The molecule has 0 unspecified atom stereocenters. The van der Waals surface area contributed by atoms with Crippen LogP contribution < -0.4 is 0 Å². The molecule has 0 radical (unpaired) electrons. The van der Waals surface area contributed by atoms with Gasteiger partial charge in [-0.25, -0.2) is 4.39 Å². The quantitative estimate of drug-likeness (QED) is 0.372. The molecule has 2 aromatic rings. The Labute approximate surface area is 171 Å². The summed E-state index contributed by atoms with van der Waals surface area (Å²) < 4.78 is 13.0. The summed E-state index contributed by atoms with van der Waals surface area (Å²) in [6.45, 7) is 2.00. The third-order valence-electron chi connectivity index (χ3n) is 4.83. The van der Waals surface area contributed by atoms with Crippen LogP contribution in [0.3, 0.4) is 0 Å². The molecule has 2 heterocycles. The molecular weight excluding hydrogens is 407 g/mol. The van der Waals surface area contributed by atoms with Gasteiger partial charge < -0.3 is 4.90 Å². The van der Waals surface area contributed by atoms with E-state index in [1.807, 2.05) is 0 Å². The van der Waals surface area contributed by atoms with Gasteiger partial charge in [-0.05, 0) is 50.2 Å². The topological polar surface area (TPSA) is 80.5 Å². The molecule has 6 nitrogen and oxygen atoms in total. The van der Waals surface area contributed by atoms with Gasteiger partial charge in [0, 0.05) is 41.5 Å². The number of hydrogen-bond acceptors (Lipinski definition) is 6. The number of hydrogen-bond donors (Lipinski definition) is 0. The van der Waals surface area contributed by atoms with Crippen LogP contribution in [0.5, 0.6) is 0 Å². The van der Waals surface area contributed by atoms with E-state index in [9.17, 15) is 24.1 Å². The van der Waals surface area contributed by atoms with Gasteiger partial charge in [0.25, 0.3) is 0 Å². The number of halogens is 2. The average molecular weight is 427 g/mol. The Morgan fingerprint density at radius 1 is 1.18 bits per heavy atom. The van der Waals surface area contributed by atoms with Crippen LogP contribution in [0.4, 0.5) is 9.39 Å². The van der Waals surface area contributed by atoms with E-state index in [-0.39, 0.29) is 40.7 Å². The smallest absolute Gasteiger partial charge is 0.303 e. The Hall–Kier alpha value is -2.16. The van der Waals surface area contributed by atoms with Crippen LogP contribution in [0.1, 0.15) is 40.0 Å². The van der Waals surface area contributed by atoms with Crippen molar-refractivity contribution >= 4 is 40.3 Å². The third kappa shape index (κ3) is 5.43. The van der Waals surface area contributed by atoms with Crippen molar-refractivity contribution in [1.29, 1.82) is 0 Å². The lowest BCUT2D eigenvalue weighted by molar-refractivity contribution is -0.380. The van der Waals surface area contributed by atoms with E-state index >= 15 is 0 Å². The minimum atomic E-state index is -0.496. The lowest BCUT2D eigenvalue weighted by Crippen LogP contribution is -2.37. The van der Waals surface area contributed by atoms with E-state index in [0.717, 1.165) is 11.3 Å². The molecule has 0 bridgehead atoms. The first kappa shape index (κ1) is 22.1. The van der Waals surface area contributed by atoms with Crippen LogP contribution in [0.25, 0.3) is 0 Å². The molecule has 1 aromatic heterocycles. The molecule has 9 heteroatoms. The van der Waals surface area contributed by atoms with Crippen molar-refractivity contribution < 1.29 is 18.9 Å². The van der Waals surface area contributed by atoms with Gasteiger partial charge in [0.2, 0.25) is 0 Å². The lowest BCUT2D eigenvalue weighted by Gasteiger charge is -2.31. The second-order valence-corrected chi connectivity index (χ2v) is 7.48. The number of carbonyl (C=O) groups is 2. The summed E-state index contributed by atoms with van der Waals surface area (Å²) in [5.41, 5.74) is 0.914. The number of Topliss-reactive ketones (excluding diaryl/α,β-unsaturated/α-hetero) is 2. The maximum Gasteiger partial charge on any atom is 0.324 e. The minimum Gasteiger partial charge on any atom is -0.303 e. The first-order chi connectivity index (χ1) is 12.9. The minimum absolute atomic E-state index is 0. The number of likely N-dealkylation sites (tertiary alicyclic amines) is 1. The average Bonchev–Trinajstić information content (AvgIpc) is 3.17. The fourth-order valence-electron chi connectivity index (χ4n) is 3.24. The van der Waals surface area contributed by atoms with Crippen LogP contribution in [0.15, 0.2) is 35.7 Å². The molecule has 0 aliphatic carbocycles. The number of rotatable bonds is 7. The number of nitrogens with zero attached hydrogens (tertiary/aromatic N) is 2. The molecule has 1 aromatic carbocycles.